The SMILES string of the molecule is OC[C@H]1[C@@H](O)[C@H](O)[C@@H](O)CN1CC1(F)CCN(c2ccccc2)CC1. The molecule has 3 rings (SSSR count). The van der Waals surface area contributed by atoms with Gasteiger partial charge in [0.25, 0.3) is 0 Å². The topological polar surface area (TPSA) is 87.4 Å². The second-order valence-electron chi connectivity index (χ2n) is 7.20. The Bertz CT molecular complexity index is 553. The molecule has 0 saturated carbocycles. The summed E-state index contributed by atoms with van der Waals surface area (Å²) in [5.74, 6) is 0. The number of nitrogens with zero attached hydrogens (tertiary/aromatic N) is 2. The monoisotopic (exact) mass is 354 g/mol. The zero-order chi connectivity index (χ0) is 18.0. The average molecular weight is 354 g/mol. The molecule has 0 unspecified atom stereocenters. The Morgan fingerprint density at radius 1 is 1.04 bits per heavy atom. The first-order valence-corrected chi connectivity index (χ1v) is 8.81. The first kappa shape index (κ1) is 18.5. The number of halogens is 1. The molecule has 2 heterocycles. The van der Waals surface area contributed by atoms with Crippen LogP contribution in [0.2, 0.25) is 0 Å². The van der Waals surface area contributed by atoms with Crippen LogP contribution in [0, 0.1) is 0 Å². The summed E-state index contributed by atoms with van der Waals surface area (Å²) in [6.45, 7) is 0.855. The first-order chi connectivity index (χ1) is 11.9. The van der Waals surface area contributed by atoms with E-state index in [1.54, 1.807) is 4.90 Å². The Labute approximate surface area is 147 Å². The molecule has 7 heteroatoms. The van der Waals surface area contributed by atoms with Gasteiger partial charge in [-0.15, -0.1) is 0 Å². The number of piperidine rings is 2. The molecule has 2 fully saturated rings. The molecular weight excluding hydrogens is 327 g/mol. The van der Waals surface area contributed by atoms with Crippen LogP contribution in [0.25, 0.3) is 0 Å². The highest BCUT2D eigenvalue weighted by Crippen LogP contribution is 2.32. The van der Waals surface area contributed by atoms with E-state index in [9.17, 15) is 20.4 Å². The minimum absolute atomic E-state index is 0.0295. The number of para-hydroxylation sites is 1. The van der Waals surface area contributed by atoms with Crippen molar-refractivity contribution >= 4 is 5.69 Å². The molecule has 1 aromatic carbocycles. The fraction of sp³-hybridized carbons (Fsp3) is 0.667. The predicted molar refractivity (Wildman–Crippen MR) is 92.2 cm³/mol. The number of alkyl halides is 1. The van der Waals surface area contributed by atoms with Gasteiger partial charge in [0, 0.05) is 44.7 Å². The van der Waals surface area contributed by atoms with Gasteiger partial charge in [0.05, 0.1) is 18.8 Å². The van der Waals surface area contributed by atoms with Crippen LogP contribution in [0.15, 0.2) is 30.3 Å². The summed E-state index contributed by atoms with van der Waals surface area (Å²) in [5.41, 5.74) is -0.370. The van der Waals surface area contributed by atoms with Crippen molar-refractivity contribution in [1.29, 1.82) is 0 Å². The minimum Gasteiger partial charge on any atom is -0.395 e. The van der Waals surface area contributed by atoms with Gasteiger partial charge >= 0.3 is 0 Å². The molecule has 140 valence electrons. The lowest BCUT2D eigenvalue weighted by atomic mass is 9.88. The lowest BCUT2D eigenvalue weighted by molar-refractivity contribution is -0.153. The van der Waals surface area contributed by atoms with Crippen LogP contribution in [-0.2, 0) is 0 Å². The number of aliphatic hydroxyl groups excluding tert-OH is 4. The molecule has 0 aliphatic carbocycles. The summed E-state index contributed by atoms with van der Waals surface area (Å²) < 4.78 is 15.3. The fourth-order valence-corrected chi connectivity index (χ4v) is 3.89. The number of likely N-dealkylation sites (tertiary alicyclic amines) is 1. The van der Waals surface area contributed by atoms with Crippen molar-refractivity contribution in [3.05, 3.63) is 30.3 Å². The normalized spacial score (nSPS) is 33.4. The lowest BCUT2D eigenvalue weighted by Crippen LogP contribution is -2.65. The number of hydrogen-bond donors (Lipinski definition) is 4. The maximum Gasteiger partial charge on any atom is 0.127 e. The summed E-state index contributed by atoms with van der Waals surface area (Å²) >= 11 is 0. The van der Waals surface area contributed by atoms with Crippen molar-refractivity contribution in [3.63, 3.8) is 0 Å². The van der Waals surface area contributed by atoms with Gasteiger partial charge in [-0.25, -0.2) is 4.39 Å². The van der Waals surface area contributed by atoms with Crippen LogP contribution in [0.3, 0.4) is 0 Å². The van der Waals surface area contributed by atoms with E-state index in [-0.39, 0.29) is 13.1 Å². The summed E-state index contributed by atoms with van der Waals surface area (Å²) in [6, 6.07) is 9.11. The fourth-order valence-electron chi connectivity index (χ4n) is 3.89. The van der Waals surface area contributed by atoms with Gasteiger partial charge in [-0.2, -0.15) is 0 Å². The molecule has 6 nitrogen and oxygen atoms in total. The summed E-state index contributed by atoms with van der Waals surface area (Å²) in [4.78, 5) is 3.71. The number of anilines is 1. The Balaban J connectivity index is 1.62. The van der Waals surface area contributed by atoms with E-state index in [1.807, 2.05) is 30.3 Å². The quantitative estimate of drug-likeness (QED) is 0.597. The molecule has 0 radical (unpaired) electrons. The maximum atomic E-state index is 15.3. The van der Waals surface area contributed by atoms with Crippen LogP contribution in [0.1, 0.15) is 12.8 Å². The highest BCUT2D eigenvalue weighted by atomic mass is 19.1. The summed E-state index contributed by atoms with van der Waals surface area (Å²) in [5, 5.41) is 39.2. The van der Waals surface area contributed by atoms with Crippen LogP contribution < -0.4 is 4.90 Å². The van der Waals surface area contributed by atoms with Crippen molar-refractivity contribution in [2.24, 2.45) is 0 Å². The molecule has 2 aliphatic rings. The molecule has 4 N–H and O–H groups in total. The van der Waals surface area contributed by atoms with E-state index in [2.05, 4.69) is 4.90 Å². The van der Waals surface area contributed by atoms with E-state index in [0.29, 0.717) is 25.9 Å². The van der Waals surface area contributed by atoms with Crippen molar-refractivity contribution in [2.45, 2.75) is 42.9 Å². The molecule has 25 heavy (non-hydrogen) atoms. The number of benzene rings is 1. The smallest absolute Gasteiger partial charge is 0.127 e. The molecule has 1 aromatic rings. The Kier molecular flexibility index (Phi) is 5.60. The minimum atomic E-state index is -1.44. The summed E-state index contributed by atoms with van der Waals surface area (Å²) in [7, 11) is 0. The molecular formula is C18H27FN2O4. The molecule has 0 aromatic heterocycles. The van der Waals surface area contributed by atoms with Crippen LogP contribution in [0.4, 0.5) is 10.1 Å². The van der Waals surface area contributed by atoms with Crippen molar-refractivity contribution in [2.75, 3.05) is 37.7 Å². The molecule has 0 bridgehead atoms. The largest absolute Gasteiger partial charge is 0.395 e. The van der Waals surface area contributed by atoms with E-state index in [4.69, 9.17) is 0 Å². The second-order valence-corrected chi connectivity index (χ2v) is 7.20. The van der Waals surface area contributed by atoms with Crippen molar-refractivity contribution in [1.82, 2.24) is 4.90 Å². The molecule has 0 spiro atoms. The van der Waals surface area contributed by atoms with Gasteiger partial charge in [-0.1, -0.05) is 18.2 Å². The van der Waals surface area contributed by atoms with Gasteiger partial charge in [0.15, 0.2) is 0 Å². The summed E-state index contributed by atoms with van der Waals surface area (Å²) in [6.07, 6.45) is -3.08. The van der Waals surface area contributed by atoms with Crippen LogP contribution >= 0.6 is 0 Å². The Morgan fingerprint density at radius 2 is 1.68 bits per heavy atom. The zero-order valence-electron chi connectivity index (χ0n) is 14.2. The van der Waals surface area contributed by atoms with E-state index >= 15 is 4.39 Å². The van der Waals surface area contributed by atoms with Crippen molar-refractivity contribution < 1.29 is 24.8 Å². The van der Waals surface area contributed by atoms with Gasteiger partial charge in [0.2, 0.25) is 0 Å². The molecule has 0 amide bonds. The van der Waals surface area contributed by atoms with E-state index in [1.165, 1.54) is 0 Å². The van der Waals surface area contributed by atoms with Gasteiger partial charge in [-0.3, -0.25) is 4.90 Å². The third kappa shape index (κ3) is 3.96. The third-order valence-electron chi connectivity index (χ3n) is 5.48. The zero-order valence-corrected chi connectivity index (χ0v) is 14.2. The molecule has 2 saturated heterocycles. The van der Waals surface area contributed by atoms with Crippen molar-refractivity contribution in [3.8, 4) is 0 Å². The van der Waals surface area contributed by atoms with Gasteiger partial charge < -0.3 is 25.3 Å². The maximum absolute atomic E-state index is 15.3. The van der Waals surface area contributed by atoms with Crippen LogP contribution in [0.5, 0.6) is 0 Å². The second kappa shape index (κ2) is 7.55. The third-order valence-corrected chi connectivity index (χ3v) is 5.48. The standard InChI is InChI=1S/C18H27FN2O4/c19-18(6-8-20(9-7-18)13-4-2-1-3-5-13)12-21-10-15(23)17(25)16(24)14(21)11-22/h1-5,14-17,22-25H,6-12H2/t14-,15-,16+,17+/m0/s1. The highest BCUT2D eigenvalue weighted by Gasteiger charge is 2.45. The average Bonchev–Trinajstić information content (AvgIpc) is 2.61. The molecule has 4 atom stereocenters. The first-order valence-electron chi connectivity index (χ1n) is 8.81. The number of rotatable bonds is 4. The number of aliphatic hydroxyl groups is 4. The lowest BCUT2D eigenvalue weighted by Gasteiger charge is -2.47. The van der Waals surface area contributed by atoms with Crippen LogP contribution in [-0.4, -0.2) is 88.1 Å². The Morgan fingerprint density at radius 3 is 2.28 bits per heavy atom. The highest BCUT2D eigenvalue weighted by molar-refractivity contribution is 5.46. The molecule has 2 aliphatic heterocycles. The predicted octanol–water partition coefficient (Wildman–Crippen LogP) is -0.246. The van der Waals surface area contributed by atoms with E-state index < -0.39 is 36.6 Å². The van der Waals surface area contributed by atoms with Gasteiger partial charge in [-0.05, 0) is 12.1 Å². The Hall–Kier alpha value is -1.25. The number of β-amino-alcohol motifs (C(OH)–C–C–N with tert-alkyl or cyclic N) is 1. The number of hydrogen-bond acceptors (Lipinski definition) is 6. The van der Waals surface area contributed by atoms with E-state index in [0.717, 1.165) is 5.69 Å². The van der Waals surface area contributed by atoms with Gasteiger partial charge in [0.1, 0.15) is 17.9 Å².